The Morgan fingerprint density at radius 1 is 1.14 bits per heavy atom. The number of rotatable bonds is 5. The van der Waals surface area contributed by atoms with E-state index in [4.69, 9.17) is 9.47 Å². The van der Waals surface area contributed by atoms with E-state index in [-0.39, 0.29) is 18.6 Å². The second-order valence-corrected chi connectivity index (χ2v) is 7.57. The summed E-state index contributed by atoms with van der Waals surface area (Å²) < 4.78 is 11.8. The molecule has 2 aliphatic heterocycles. The van der Waals surface area contributed by atoms with Crippen LogP contribution in [0.1, 0.15) is 50.8 Å². The first-order valence-corrected chi connectivity index (χ1v) is 10.4. The van der Waals surface area contributed by atoms with Crippen molar-refractivity contribution in [3.8, 4) is 0 Å². The summed E-state index contributed by atoms with van der Waals surface area (Å²) >= 11 is 0. The molecule has 0 spiro atoms. The predicted molar refractivity (Wildman–Crippen MR) is 104 cm³/mol. The molecule has 3 heterocycles. The van der Waals surface area contributed by atoms with Gasteiger partial charge in [-0.25, -0.2) is 9.78 Å². The quantitative estimate of drug-likeness (QED) is 0.716. The van der Waals surface area contributed by atoms with Crippen molar-refractivity contribution in [1.29, 1.82) is 0 Å². The molecule has 0 saturated carbocycles. The Balaban J connectivity index is 1.51. The van der Waals surface area contributed by atoms with Crippen molar-refractivity contribution in [2.24, 2.45) is 0 Å². The van der Waals surface area contributed by atoms with Gasteiger partial charge < -0.3 is 23.8 Å². The van der Waals surface area contributed by atoms with Crippen LogP contribution in [0.2, 0.25) is 0 Å². The average molecular weight is 393 g/mol. The highest BCUT2D eigenvalue weighted by Gasteiger charge is 2.30. The van der Waals surface area contributed by atoms with Crippen molar-refractivity contribution >= 4 is 12.1 Å². The topological polar surface area (TPSA) is 76.9 Å². The third-order valence-corrected chi connectivity index (χ3v) is 5.91. The molecule has 28 heavy (non-hydrogen) atoms. The minimum Gasteiger partial charge on any atom is -0.468 e. The molecule has 0 N–H and O–H groups in total. The lowest BCUT2D eigenvalue weighted by Crippen LogP contribution is -2.42. The normalized spacial score (nSPS) is 21.9. The van der Waals surface area contributed by atoms with E-state index in [2.05, 4.69) is 9.88 Å². The van der Waals surface area contributed by atoms with E-state index in [1.54, 1.807) is 6.20 Å². The molecular formula is C20H32N4O4. The molecule has 1 amide bonds. The number of piperidine rings is 1. The fraction of sp³-hybridized carbons (Fsp3) is 0.750. The lowest BCUT2D eigenvalue weighted by molar-refractivity contribution is -0.141. The number of aromatic nitrogens is 2. The molecule has 1 unspecified atom stereocenters. The number of carbonyl (C=O) groups is 2. The van der Waals surface area contributed by atoms with E-state index in [0.29, 0.717) is 18.6 Å². The van der Waals surface area contributed by atoms with Gasteiger partial charge in [0.05, 0.1) is 13.7 Å². The Labute approximate surface area is 166 Å². The largest absolute Gasteiger partial charge is 0.468 e. The van der Waals surface area contributed by atoms with E-state index in [1.165, 1.54) is 7.11 Å². The summed E-state index contributed by atoms with van der Waals surface area (Å²) in [6.45, 7) is 6.11. The molecule has 1 aromatic rings. The molecule has 156 valence electrons. The van der Waals surface area contributed by atoms with E-state index < -0.39 is 0 Å². The van der Waals surface area contributed by atoms with Crippen molar-refractivity contribution in [1.82, 2.24) is 19.4 Å². The lowest BCUT2D eigenvalue weighted by Gasteiger charge is -2.37. The van der Waals surface area contributed by atoms with Crippen molar-refractivity contribution in [3.63, 3.8) is 0 Å². The van der Waals surface area contributed by atoms with Gasteiger partial charge in [0, 0.05) is 37.4 Å². The molecule has 2 saturated heterocycles. The SMILES string of the molecule is CCOC(=O)N1CCCC(N2CCC(c3nccn3CC(=O)OC)CC2)CC1. The fourth-order valence-electron chi connectivity index (χ4n) is 4.38. The number of amides is 1. The number of esters is 1. The molecular weight excluding hydrogens is 360 g/mol. The maximum atomic E-state index is 12.0. The highest BCUT2D eigenvalue weighted by atomic mass is 16.6. The number of likely N-dealkylation sites (tertiary alicyclic amines) is 2. The second-order valence-electron chi connectivity index (χ2n) is 7.57. The summed E-state index contributed by atoms with van der Waals surface area (Å²) in [6.07, 6.45) is 8.66. The van der Waals surface area contributed by atoms with Crippen molar-refractivity contribution in [2.75, 3.05) is 39.9 Å². The fourth-order valence-corrected chi connectivity index (χ4v) is 4.38. The highest BCUT2D eigenvalue weighted by Crippen LogP contribution is 2.30. The predicted octanol–water partition coefficient (Wildman–Crippen LogP) is 2.25. The minimum absolute atomic E-state index is 0.181. The van der Waals surface area contributed by atoms with Gasteiger partial charge in [0.2, 0.25) is 0 Å². The molecule has 3 rings (SSSR count). The zero-order valence-electron chi connectivity index (χ0n) is 17.0. The lowest BCUT2D eigenvalue weighted by atomic mass is 9.93. The van der Waals surface area contributed by atoms with Crippen LogP contribution in [0.25, 0.3) is 0 Å². The number of methoxy groups -OCH3 is 1. The molecule has 2 fully saturated rings. The van der Waals surface area contributed by atoms with E-state index >= 15 is 0 Å². The van der Waals surface area contributed by atoms with Gasteiger partial charge in [0.25, 0.3) is 0 Å². The molecule has 8 heteroatoms. The smallest absolute Gasteiger partial charge is 0.409 e. The number of imidazole rings is 1. The summed E-state index contributed by atoms with van der Waals surface area (Å²) in [5.41, 5.74) is 0. The molecule has 0 aromatic carbocycles. The molecule has 2 aliphatic rings. The van der Waals surface area contributed by atoms with Crippen molar-refractivity contribution < 1.29 is 19.1 Å². The van der Waals surface area contributed by atoms with Crippen LogP contribution in [0.3, 0.4) is 0 Å². The number of hydrogen-bond acceptors (Lipinski definition) is 6. The van der Waals surface area contributed by atoms with E-state index in [0.717, 1.165) is 64.1 Å². The van der Waals surface area contributed by atoms with Gasteiger partial charge >= 0.3 is 12.1 Å². The first-order valence-electron chi connectivity index (χ1n) is 10.4. The van der Waals surface area contributed by atoms with Crippen LogP contribution in [0.4, 0.5) is 4.79 Å². The van der Waals surface area contributed by atoms with Crippen LogP contribution < -0.4 is 0 Å². The maximum absolute atomic E-state index is 12.0. The Morgan fingerprint density at radius 3 is 2.64 bits per heavy atom. The number of hydrogen-bond donors (Lipinski definition) is 0. The summed E-state index contributed by atoms with van der Waals surface area (Å²) in [7, 11) is 1.41. The van der Waals surface area contributed by atoms with E-state index in [1.807, 2.05) is 22.6 Å². The first-order chi connectivity index (χ1) is 13.6. The average Bonchev–Trinajstić information content (AvgIpc) is 3.02. The maximum Gasteiger partial charge on any atom is 0.409 e. The molecule has 8 nitrogen and oxygen atoms in total. The van der Waals surface area contributed by atoms with Crippen LogP contribution in [0, 0.1) is 0 Å². The van der Waals surface area contributed by atoms with Crippen molar-refractivity contribution in [3.05, 3.63) is 18.2 Å². The highest BCUT2D eigenvalue weighted by molar-refractivity contribution is 5.69. The van der Waals surface area contributed by atoms with Gasteiger partial charge in [-0.1, -0.05) is 0 Å². The van der Waals surface area contributed by atoms with Crippen LogP contribution in [-0.4, -0.2) is 77.4 Å². The van der Waals surface area contributed by atoms with E-state index in [9.17, 15) is 9.59 Å². The molecule has 0 radical (unpaired) electrons. The van der Waals surface area contributed by atoms with Gasteiger partial charge in [-0.15, -0.1) is 0 Å². The Hall–Kier alpha value is -2.09. The second kappa shape index (κ2) is 9.91. The zero-order valence-corrected chi connectivity index (χ0v) is 17.0. The van der Waals surface area contributed by atoms with Crippen LogP contribution in [-0.2, 0) is 20.8 Å². The zero-order chi connectivity index (χ0) is 19.9. The van der Waals surface area contributed by atoms with Crippen LogP contribution in [0.15, 0.2) is 12.4 Å². The number of carbonyl (C=O) groups excluding carboxylic acids is 2. The Kier molecular flexibility index (Phi) is 7.30. The number of ether oxygens (including phenoxy) is 2. The van der Waals surface area contributed by atoms with Gasteiger partial charge in [0.1, 0.15) is 12.4 Å². The standard InChI is InChI=1S/C20H32N4O4/c1-3-28-20(26)23-10-4-5-17(8-13-23)22-11-6-16(7-12-22)19-21-9-14-24(19)15-18(25)27-2/h9,14,16-17H,3-8,10-13,15H2,1-2H3. The first kappa shape index (κ1) is 20.6. The van der Waals surface area contributed by atoms with Crippen molar-refractivity contribution in [2.45, 2.75) is 57.5 Å². The van der Waals surface area contributed by atoms with Crippen LogP contribution >= 0.6 is 0 Å². The summed E-state index contributed by atoms with van der Waals surface area (Å²) in [5, 5.41) is 0. The third kappa shape index (κ3) is 5.04. The molecule has 0 aliphatic carbocycles. The Bertz CT molecular complexity index is 654. The third-order valence-electron chi connectivity index (χ3n) is 5.91. The summed E-state index contributed by atoms with van der Waals surface area (Å²) in [5.74, 6) is 1.11. The van der Waals surface area contributed by atoms with Gasteiger partial charge in [-0.3, -0.25) is 4.79 Å². The Morgan fingerprint density at radius 2 is 1.93 bits per heavy atom. The minimum atomic E-state index is -0.249. The summed E-state index contributed by atoms with van der Waals surface area (Å²) in [6, 6.07) is 0.523. The van der Waals surface area contributed by atoms with Crippen LogP contribution in [0.5, 0.6) is 0 Å². The summed E-state index contributed by atoms with van der Waals surface area (Å²) in [4.78, 5) is 32.5. The number of nitrogens with zero attached hydrogens (tertiary/aromatic N) is 4. The van der Waals surface area contributed by atoms with Gasteiger partial charge in [-0.2, -0.15) is 0 Å². The van der Waals surface area contributed by atoms with Gasteiger partial charge in [-0.05, 0) is 52.1 Å². The monoisotopic (exact) mass is 392 g/mol. The molecule has 0 bridgehead atoms. The molecule has 1 atom stereocenters. The molecule has 1 aromatic heterocycles. The van der Waals surface area contributed by atoms with Gasteiger partial charge in [0.15, 0.2) is 0 Å².